The van der Waals surface area contributed by atoms with Crippen molar-refractivity contribution in [3.05, 3.63) is 90.5 Å². The van der Waals surface area contributed by atoms with Crippen LogP contribution in [0.5, 0.6) is 5.75 Å². The number of likely N-dealkylation sites (tertiary alicyclic amines) is 1. The van der Waals surface area contributed by atoms with Crippen molar-refractivity contribution in [2.75, 3.05) is 24.4 Å². The number of amides is 3. The van der Waals surface area contributed by atoms with Gasteiger partial charge in [-0.1, -0.05) is 48.5 Å². The van der Waals surface area contributed by atoms with Crippen LogP contribution in [0.2, 0.25) is 0 Å². The van der Waals surface area contributed by atoms with Gasteiger partial charge in [-0.2, -0.15) is 0 Å². The Hall–Kier alpha value is -3.82. The zero-order valence-electron chi connectivity index (χ0n) is 22.7. The summed E-state index contributed by atoms with van der Waals surface area (Å²) in [6.45, 7) is -0.301. The molecule has 3 saturated heterocycles. The van der Waals surface area contributed by atoms with Crippen LogP contribution in [0.4, 0.5) is 11.4 Å². The number of benzene rings is 3. The fourth-order valence-electron chi connectivity index (χ4n) is 6.85. The predicted molar refractivity (Wildman–Crippen MR) is 159 cm³/mol. The summed E-state index contributed by atoms with van der Waals surface area (Å²) < 4.78 is 4.48. The maximum absolute atomic E-state index is 14.4. The van der Waals surface area contributed by atoms with Crippen molar-refractivity contribution >= 4 is 40.9 Å². The number of hydrogen-bond donors (Lipinski definition) is 3. The van der Waals surface area contributed by atoms with Gasteiger partial charge < -0.3 is 25.4 Å². The lowest BCUT2D eigenvalue weighted by Gasteiger charge is -2.37. The number of aliphatic hydroxyl groups is 1. The molecule has 3 fully saturated rings. The Labute approximate surface area is 243 Å². The van der Waals surface area contributed by atoms with Crippen LogP contribution in [0.1, 0.15) is 18.4 Å². The molecule has 0 saturated carbocycles. The molecule has 1 spiro atoms. The van der Waals surface area contributed by atoms with Gasteiger partial charge in [0.2, 0.25) is 17.7 Å². The first-order valence-corrected chi connectivity index (χ1v) is 14.8. The van der Waals surface area contributed by atoms with Crippen LogP contribution in [-0.2, 0) is 20.8 Å². The van der Waals surface area contributed by atoms with E-state index < -0.39 is 28.7 Å². The number of aliphatic hydroxyl groups excluding tert-OH is 1. The van der Waals surface area contributed by atoms with Gasteiger partial charge in [-0.3, -0.25) is 14.4 Å². The third kappa shape index (κ3) is 4.87. The monoisotopic (exact) mass is 571 g/mol. The van der Waals surface area contributed by atoms with Crippen molar-refractivity contribution in [2.45, 2.75) is 41.3 Å². The molecule has 41 heavy (non-hydrogen) atoms. The minimum atomic E-state index is -0.840. The third-order valence-electron chi connectivity index (χ3n) is 8.61. The quantitative estimate of drug-likeness (QED) is 0.359. The van der Waals surface area contributed by atoms with Crippen LogP contribution in [0.3, 0.4) is 0 Å². The average Bonchev–Trinajstić information content (AvgIpc) is 3.64. The van der Waals surface area contributed by atoms with Crippen LogP contribution in [0, 0.1) is 11.8 Å². The number of ether oxygens (including phenoxy) is 1. The second kappa shape index (κ2) is 11.2. The van der Waals surface area contributed by atoms with E-state index in [0.29, 0.717) is 30.0 Å². The van der Waals surface area contributed by atoms with Crippen molar-refractivity contribution in [1.82, 2.24) is 4.90 Å². The molecule has 6 rings (SSSR count). The summed E-state index contributed by atoms with van der Waals surface area (Å²) in [5.74, 6) is -1.31. The number of carbonyl (C=O) groups excluding carboxylic acids is 3. The highest BCUT2D eigenvalue weighted by Crippen LogP contribution is 2.66. The summed E-state index contributed by atoms with van der Waals surface area (Å²) in [7, 11) is 1.58. The Morgan fingerprint density at radius 3 is 2.27 bits per heavy atom. The lowest BCUT2D eigenvalue weighted by Crippen LogP contribution is -2.55. The van der Waals surface area contributed by atoms with Crippen LogP contribution in [0.25, 0.3) is 0 Å². The second-order valence-electron chi connectivity index (χ2n) is 10.9. The molecule has 212 valence electrons. The maximum atomic E-state index is 14.4. The molecule has 9 heteroatoms. The van der Waals surface area contributed by atoms with E-state index in [-0.39, 0.29) is 29.6 Å². The van der Waals surface area contributed by atoms with E-state index in [1.54, 1.807) is 48.0 Å². The molecule has 3 N–H and O–H groups in total. The molecule has 8 nitrogen and oxygen atoms in total. The van der Waals surface area contributed by atoms with Gasteiger partial charge in [0.05, 0.1) is 36.3 Å². The Balaban J connectivity index is 1.36. The van der Waals surface area contributed by atoms with Gasteiger partial charge in [0.25, 0.3) is 0 Å². The summed E-state index contributed by atoms with van der Waals surface area (Å²) >= 11 is 1.61. The van der Waals surface area contributed by atoms with Crippen LogP contribution < -0.4 is 15.4 Å². The van der Waals surface area contributed by atoms with Gasteiger partial charge in [-0.25, -0.2) is 0 Å². The molecular formula is C32H33N3O5S. The number of fused-ring (bicyclic) bond motifs is 1. The molecule has 2 bridgehead atoms. The zero-order chi connectivity index (χ0) is 28.6. The fraction of sp³-hybridized carbons (Fsp3) is 0.344. The largest absolute Gasteiger partial charge is 0.497 e. The standard InChI is InChI=1S/C32H33N3O5S/c1-40-24-14-12-22(13-15-24)34-30(38)28-32-17-16-25(41-32)26(29(37)33-21-10-6-3-7-11-21)27(32)31(39)35(28)23(19-36)18-20-8-4-2-5-9-20/h2-15,23,25-28,36H,16-19H2,1H3,(H,33,37)(H,34,38)/t23-,25-,26+,27+,28?,32?/m1/s1. The molecule has 3 aliphatic heterocycles. The number of carbonyl (C=O) groups is 3. The molecule has 3 aromatic rings. The molecule has 0 aromatic heterocycles. The SMILES string of the molecule is COc1ccc(NC(=O)C2N([C@@H](CO)Cc3ccccc3)C(=O)[C@@H]3[C@@H](C(=O)Nc4ccccc4)[C@H]4CCC23S4)cc1. The first-order valence-electron chi connectivity index (χ1n) is 13.9. The van der Waals surface area contributed by atoms with Crippen molar-refractivity contribution in [1.29, 1.82) is 0 Å². The van der Waals surface area contributed by atoms with E-state index in [2.05, 4.69) is 10.6 Å². The van der Waals surface area contributed by atoms with Gasteiger partial charge in [0.15, 0.2) is 0 Å². The summed E-state index contributed by atoms with van der Waals surface area (Å²) in [6.07, 6.45) is 1.78. The van der Waals surface area contributed by atoms with E-state index in [0.717, 1.165) is 12.0 Å². The van der Waals surface area contributed by atoms with E-state index in [1.807, 2.05) is 60.7 Å². The minimum absolute atomic E-state index is 0.0622. The Kier molecular flexibility index (Phi) is 7.48. The number of nitrogens with one attached hydrogen (secondary N) is 2. The molecule has 2 unspecified atom stereocenters. The molecule has 3 aromatic carbocycles. The lowest BCUT2D eigenvalue weighted by atomic mass is 9.70. The van der Waals surface area contributed by atoms with Crippen LogP contribution in [0.15, 0.2) is 84.9 Å². The summed E-state index contributed by atoms with van der Waals surface area (Å²) in [4.78, 5) is 43.9. The molecule has 0 radical (unpaired) electrons. The summed E-state index contributed by atoms with van der Waals surface area (Å²) in [5, 5.41) is 16.6. The minimum Gasteiger partial charge on any atom is -0.497 e. The van der Waals surface area contributed by atoms with Crippen LogP contribution in [-0.4, -0.2) is 63.5 Å². The van der Waals surface area contributed by atoms with Gasteiger partial charge in [0, 0.05) is 16.6 Å². The van der Waals surface area contributed by atoms with Gasteiger partial charge in [-0.15, -0.1) is 11.8 Å². The van der Waals surface area contributed by atoms with E-state index >= 15 is 0 Å². The number of anilines is 2. The molecule has 0 aliphatic carbocycles. The molecule has 3 heterocycles. The topological polar surface area (TPSA) is 108 Å². The van der Waals surface area contributed by atoms with Gasteiger partial charge in [-0.05, 0) is 61.2 Å². The Morgan fingerprint density at radius 1 is 0.976 bits per heavy atom. The number of hydrogen-bond acceptors (Lipinski definition) is 6. The lowest BCUT2D eigenvalue weighted by molar-refractivity contribution is -0.141. The number of thioether (sulfide) groups is 1. The molecule has 3 amide bonds. The third-order valence-corrected chi connectivity index (χ3v) is 10.6. The van der Waals surface area contributed by atoms with Crippen molar-refractivity contribution in [2.24, 2.45) is 11.8 Å². The van der Waals surface area contributed by atoms with Gasteiger partial charge in [0.1, 0.15) is 11.8 Å². The van der Waals surface area contributed by atoms with E-state index in [9.17, 15) is 19.5 Å². The van der Waals surface area contributed by atoms with E-state index in [4.69, 9.17) is 4.74 Å². The fourth-order valence-corrected chi connectivity index (χ4v) is 9.06. The second-order valence-corrected chi connectivity index (χ2v) is 12.5. The number of methoxy groups -OCH3 is 1. The Bertz CT molecular complexity index is 1420. The van der Waals surface area contributed by atoms with Crippen molar-refractivity contribution < 1.29 is 24.2 Å². The number of rotatable bonds is 9. The summed E-state index contributed by atoms with van der Waals surface area (Å²) in [5.41, 5.74) is 2.22. The predicted octanol–water partition coefficient (Wildman–Crippen LogP) is 3.97. The molecular weight excluding hydrogens is 538 g/mol. The highest BCUT2D eigenvalue weighted by Gasteiger charge is 2.74. The first-order chi connectivity index (χ1) is 19.9. The highest BCUT2D eigenvalue weighted by molar-refractivity contribution is 8.02. The van der Waals surface area contributed by atoms with Gasteiger partial charge >= 0.3 is 0 Å². The first kappa shape index (κ1) is 27.4. The summed E-state index contributed by atoms with van der Waals surface area (Å²) in [6, 6.07) is 24.5. The van der Waals surface area contributed by atoms with Crippen LogP contribution >= 0.6 is 11.8 Å². The average molecular weight is 572 g/mol. The van der Waals surface area contributed by atoms with Crippen molar-refractivity contribution in [3.63, 3.8) is 0 Å². The van der Waals surface area contributed by atoms with Crippen molar-refractivity contribution in [3.8, 4) is 5.75 Å². The smallest absolute Gasteiger partial charge is 0.248 e. The zero-order valence-corrected chi connectivity index (χ0v) is 23.6. The molecule has 3 aliphatic rings. The number of nitrogens with zero attached hydrogens (tertiary/aromatic N) is 1. The van der Waals surface area contributed by atoms with E-state index in [1.165, 1.54) is 0 Å². The normalized spacial score (nSPS) is 26.9. The molecule has 6 atom stereocenters. The number of para-hydroxylation sites is 1. The maximum Gasteiger partial charge on any atom is 0.248 e. The Morgan fingerprint density at radius 2 is 1.61 bits per heavy atom. The highest BCUT2D eigenvalue weighted by atomic mass is 32.2.